The summed E-state index contributed by atoms with van der Waals surface area (Å²) in [5, 5.41) is 0. The van der Waals surface area contributed by atoms with Gasteiger partial charge >= 0.3 is 0 Å². The van der Waals surface area contributed by atoms with E-state index in [9.17, 15) is 4.79 Å². The van der Waals surface area contributed by atoms with Crippen LogP contribution in [0.15, 0.2) is 42.5 Å². The standard InChI is InChI=1S/C10H4OS5/c1-4-2-3-5(11)7-6(4)13-8-9(14-7)16-10(12)15-8/h2-3H,1H2. The molecule has 0 spiro atoms. The Hall–Kier alpha value is -0.140. The van der Waals surface area contributed by atoms with Crippen molar-refractivity contribution in [1.82, 2.24) is 0 Å². The van der Waals surface area contributed by atoms with Crippen molar-refractivity contribution in [2.75, 3.05) is 0 Å². The van der Waals surface area contributed by atoms with Gasteiger partial charge in [0.15, 0.2) is 5.78 Å². The lowest BCUT2D eigenvalue weighted by molar-refractivity contribution is -0.110. The fraction of sp³-hybridized carbons (Fsp3) is 0. The molecule has 1 nitrogen and oxygen atoms in total. The van der Waals surface area contributed by atoms with E-state index in [1.807, 2.05) is 0 Å². The van der Waals surface area contributed by atoms with Crippen molar-refractivity contribution in [3.8, 4) is 0 Å². The van der Waals surface area contributed by atoms with Crippen molar-refractivity contribution in [3.05, 3.63) is 37.3 Å². The Balaban J connectivity index is 2.13. The number of allylic oxidation sites excluding steroid dienone is 4. The number of fused-ring (bicyclic) bond motifs is 1. The lowest BCUT2D eigenvalue weighted by Gasteiger charge is -2.19. The van der Waals surface area contributed by atoms with Crippen LogP contribution in [0.1, 0.15) is 0 Å². The van der Waals surface area contributed by atoms with Crippen LogP contribution in [-0.2, 0) is 4.79 Å². The summed E-state index contributed by atoms with van der Waals surface area (Å²) in [5.74, 6) is 0.0786. The molecule has 16 heavy (non-hydrogen) atoms. The maximum atomic E-state index is 11.8. The van der Waals surface area contributed by atoms with Gasteiger partial charge in [-0.3, -0.25) is 4.79 Å². The molecule has 80 valence electrons. The number of thioether (sulfide) groups is 2. The normalized spacial score (nSPS) is 18.8. The number of carbonyl (C=O) groups is 1. The third-order valence-corrected chi connectivity index (χ3v) is 7.88. The highest BCUT2D eigenvalue weighted by Gasteiger charge is 2.28. The molecule has 2 heterocycles. The Morgan fingerprint density at radius 2 is 1.69 bits per heavy atom. The minimum absolute atomic E-state index is 0.0786. The zero-order valence-electron chi connectivity index (χ0n) is 7.81. The zero-order valence-corrected chi connectivity index (χ0v) is 11.9. The summed E-state index contributed by atoms with van der Waals surface area (Å²) in [6.45, 7) is 3.96. The molecule has 0 atom stereocenters. The maximum Gasteiger partial charge on any atom is 0.193 e. The summed E-state index contributed by atoms with van der Waals surface area (Å²) in [7, 11) is 0. The van der Waals surface area contributed by atoms with Crippen molar-refractivity contribution in [3.63, 3.8) is 0 Å². The van der Waals surface area contributed by atoms with E-state index in [1.54, 1.807) is 46.6 Å². The summed E-state index contributed by atoms with van der Waals surface area (Å²) < 4.78 is 3.26. The molecule has 0 saturated carbocycles. The van der Waals surface area contributed by atoms with E-state index >= 15 is 0 Å². The first-order valence-corrected chi connectivity index (χ1v) is 7.98. The predicted molar refractivity (Wildman–Crippen MR) is 75.1 cm³/mol. The Morgan fingerprint density at radius 1 is 1.06 bits per heavy atom. The maximum absolute atomic E-state index is 11.8. The fourth-order valence-corrected chi connectivity index (χ4v) is 7.53. The predicted octanol–water partition coefficient (Wildman–Crippen LogP) is 4.64. The molecular weight excluding hydrogens is 296 g/mol. The van der Waals surface area contributed by atoms with Crippen LogP contribution >= 0.6 is 58.4 Å². The average Bonchev–Trinajstić information content (AvgIpc) is 2.61. The van der Waals surface area contributed by atoms with Gasteiger partial charge in [-0.05, 0) is 11.6 Å². The molecule has 1 aromatic heterocycles. The van der Waals surface area contributed by atoms with Gasteiger partial charge in [-0.2, -0.15) is 0 Å². The Labute approximate surface area is 114 Å². The van der Waals surface area contributed by atoms with E-state index in [0.29, 0.717) is 0 Å². The largest absolute Gasteiger partial charge is 0.289 e. The third-order valence-electron chi connectivity index (χ3n) is 2.07. The van der Waals surface area contributed by atoms with Crippen LogP contribution in [-0.4, -0.2) is 5.78 Å². The lowest BCUT2D eigenvalue weighted by Crippen LogP contribution is -2.06. The summed E-state index contributed by atoms with van der Waals surface area (Å²) in [6.07, 6.45) is 3.37. The molecule has 0 bridgehead atoms. The van der Waals surface area contributed by atoms with Gasteiger partial charge in [0.2, 0.25) is 0 Å². The second-order valence-electron chi connectivity index (χ2n) is 3.11. The van der Waals surface area contributed by atoms with Crippen LogP contribution < -0.4 is 0 Å². The summed E-state index contributed by atoms with van der Waals surface area (Å²) in [6, 6.07) is 0. The second-order valence-corrected chi connectivity index (χ2v) is 8.90. The van der Waals surface area contributed by atoms with Crippen LogP contribution in [0, 0.1) is 3.14 Å². The van der Waals surface area contributed by atoms with E-state index in [0.717, 1.165) is 22.7 Å². The highest BCUT2D eigenvalue weighted by atomic mass is 32.2. The molecular formula is C10H4OS5. The molecule has 0 N–H and O–H groups in total. The van der Waals surface area contributed by atoms with E-state index in [4.69, 9.17) is 12.2 Å². The first-order valence-electron chi connectivity index (χ1n) is 4.31. The van der Waals surface area contributed by atoms with Crippen molar-refractivity contribution < 1.29 is 4.79 Å². The van der Waals surface area contributed by atoms with E-state index in [-0.39, 0.29) is 5.78 Å². The van der Waals surface area contributed by atoms with Crippen LogP contribution in [0.5, 0.6) is 0 Å². The fourth-order valence-electron chi connectivity index (χ4n) is 1.36. The molecule has 3 rings (SSSR count). The summed E-state index contributed by atoms with van der Waals surface area (Å²) in [4.78, 5) is 13.5. The molecule has 0 aromatic carbocycles. The SMILES string of the molecule is C=C1C=CC(=O)C2=C1Sc1sc(=S)sc1S2. The van der Waals surface area contributed by atoms with Crippen molar-refractivity contribution in [2.45, 2.75) is 8.42 Å². The first kappa shape index (κ1) is 11.0. The van der Waals surface area contributed by atoms with Gasteiger partial charge in [0.05, 0.1) is 13.3 Å². The molecule has 2 aliphatic rings. The zero-order chi connectivity index (χ0) is 11.3. The molecule has 1 aliphatic carbocycles. The van der Waals surface area contributed by atoms with Crippen LogP contribution in [0.3, 0.4) is 0 Å². The van der Waals surface area contributed by atoms with Crippen LogP contribution in [0.4, 0.5) is 0 Å². The number of rotatable bonds is 0. The Kier molecular flexibility index (Phi) is 2.72. The van der Waals surface area contributed by atoms with Gasteiger partial charge in [0, 0.05) is 4.91 Å². The minimum Gasteiger partial charge on any atom is -0.289 e. The summed E-state index contributed by atoms with van der Waals surface area (Å²) in [5.41, 5.74) is 0.919. The molecule has 0 amide bonds. The van der Waals surface area contributed by atoms with Crippen molar-refractivity contribution in [2.24, 2.45) is 0 Å². The van der Waals surface area contributed by atoms with Crippen molar-refractivity contribution >= 4 is 64.2 Å². The van der Waals surface area contributed by atoms with Crippen molar-refractivity contribution in [1.29, 1.82) is 0 Å². The Bertz CT molecular complexity index is 577. The van der Waals surface area contributed by atoms with Gasteiger partial charge in [-0.25, -0.2) is 0 Å². The Morgan fingerprint density at radius 3 is 2.38 bits per heavy atom. The van der Waals surface area contributed by atoms with E-state index in [2.05, 4.69) is 6.58 Å². The van der Waals surface area contributed by atoms with Gasteiger partial charge in [-0.1, -0.05) is 48.4 Å². The molecule has 1 aromatic rings. The van der Waals surface area contributed by atoms with Crippen LogP contribution in [0.2, 0.25) is 0 Å². The van der Waals surface area contributed by atoms with Gasteiger partial charge in [0.25, 0.3) is 0 Å². The minimum atomic E-state index is 0.0786. The highest BCUT2D eigenvalue weighted by molar-refractivity contribution is 8.12. The molecule has 0 fully saturated rings. The number of hydrogen-bond acceptors (Lipinski definition) is 6. The number of ketones is 1. The van der Waals surface area contributed by atoms with Gasteiger partial charge in [0.1, 0.15) is 3.14 Å². The van der Waals surface area contributed by atoms with E-state index in [1.165, 1.54) is 16.0 Å². The number of hydrogen-bond donors (Lipinski definition) is 0. The quantitative estimate of drug-likeness (QED) is 0.649. The molecule has 0 unspecified atom stereocenters. The first-order chi connectivity index (χ1) is 7.65. The molecule has 1 aliphatic heterocycles. The average molecular weight is 300 g/mol. The lowest BCUT2D eigenvalue weighted by atomic mass is 10.1. The second kappa shape index (κ2) is 3.96. The topological polar surface area (TPSA) is 17.1 Å². The smallest absolute Gasteiger partial charge is 0.193 e. The summed E-state index contributed by atoms with van der Waals surface area (Å²) >= 11 is 11.5. The molecule has 0 saturated heterocycles. The monoisotopic (exact) mass is 300 g/mol. The van der Waals surface area contributed by atoms with Gasteiger partial charge in [-0.15, -0.1) is 22.7 Å². The highest BCUT2D eigenvalue weighted by Crippen LogP contribution is 2.54. The van der Waals surface area contributed by atoms with Gasteiger partial charge < -0.3 is 0 Å². The molecule has 0 radical (unpaired) electrons. The number of carbonyl (C=O) groups excluding carboxylic acids is 1. The van der Waals surface area contributed by atoms with Crippen LogP contribution in [0.25, 0.3) is 0 Å². The third kappa shape index (κ3) is 1.69. The molecule has 6 heteroatoms. The van der Waals surface area contributed by atoms with E-state index < -0.39 is 0 Å².